The Bertz CT molecular complexity index is 425. The van der Waals surface area contributed by atoms with E-state index in [0.29, 0.717) is 5.69 Å². The van der Waals surface area contributed by atoms with E-state index in [1.54, 1.807) is 12.1 Å². The molecule has 1 aromatic rings. The summed E-state index contributed by atoms with van der Waals surface area (Å²) in [6.45, 7) is 3.98. The number of hydrogen-bond donors (Lipinski definition) is 2. The largest absolute Gasteiger partial charge is 1.00 e. The number of benzene rings is 1. The summed E-state index contributed by atoms with van der Waals surface area (Å²) in [5.41, 5.74) is 7.07. The zero-order valence-corrected chi connectivity index (χ0v) is 10.6. The molecule has 1 aliphatic rings. The first-order valence-electron chi connectivity index (χ1n) is 5.58. The summed E-state index contributed by atoms with van der Waals surface area (Å²) < 4.78 is 5.26. The second-order valence-corrected chi connectivity index (χ2v) is 4.12. The van der Waals surface area contributed by atoms with Crippen LogP contribution in [0.2, 0.25) is 0 Å². The summed E-state index contributed by atoms with van der Waals surface area (Å²) in [4.78, 5) is 13.2. The van der Waals surface area contributed by atoms with Gasteiger partial charge in [0.2, 0.25) is 0 Å². The molecule has 0 aliphatic carbocycles. The molecule has 1 aliphatic heterocycles. The van der Waals surface area contributed by atoms with Gasteiger partial charge < -0.3 is 17.0 Å². The number of ether oxygens (including phenoxy) is 1. The third-order valence-corrected chi connectivity index (χ3v) is 2.86. The first-order chi connectivity index (χ1) is 8.16. The van der Waals surface area contributed by atoms with Crippen LogP contribution in [0.4, 0.5) is 5.69 Å². The molecular weight excluding hydrogens is 227 g/mol. The number of nitrogens with zero attached hydrogens (tertiary/aromatic N) is 1. The molecule has 0 bridgehead atoms. The first-order valence-corrected chi connectivity index (χ1v) is 5.58. The molecule has 18 heavy (non-hydrogen) atoms. The van der Waals surface area contributed by atoms with Gasteiger partial charge in [-0.05, 0) is 17.7 Å². The Morgan fingerprint density at radius 2 is 2.11 bits per heavy atom. The van der Waals surface area contributed by atoms with Crippen LogP contribution in [-0.2, 0) is 11.3 Å². The molecule has 0 aromatic heterocycles. The molecule has 0 saturated carbocycles. The average Bonchev–Trinajstić information content (AvgIpc) is 2.32. The van der Waals surface area contributed by atoms with Gasteiger partial charge in [0.15, 0.2) is 0 Å². The molecule has 0 amide bonds. The van der Waals surface area contributed by atoms with Crippen molar-refractivity contribution in [3.05, 3.63) is 29.3 Å². The van der Waals surface area contributed by atoms with Gasteiger partial charge in [-0.25, -0.2) is 4.79 Å². The minimum atomic E-state index is -0.980. The Kier molecular flexibility index (Phi) is 5.70. The minimum absolute atomic E-state index is 0. The third kappa shape index (κ3) is 3.75. The number of rotatable bonds is 3. The molecule has 1 fully saturated rings. The van der Waals surface area contributed by atoms with Gasteiger partial charge in [0.25, 0.3) is 0 Å². The van der Waals surface area contributed by atoms with Crippen LogP contribution in [0.25, 0.3) is 0 Å². The molecule has 1 heterocycles. The molecule has 0 atom stereocenters. The minimum Gasteiger partial charge on any atom is -1.00 e. The van der Waals surface area contributed by atoms with E-state index >= 15 is 0 Å². The molecule has 1 aromatic carbocycles. The van der Waals surface area contributed by atoms with Crippen molar-refractivity contribution in [3.8, 4) is 0 Å². The van der Waals surface area contributed by atoms with Crippen LogP contribution < -0.4 is 24.6 Å². The van der Waals surface area contributed by atoms with E-state index < -0.39 is 5.97 Å². The van der Waals surface area contributed by atoms with E-state index in [1.165, 1.54) is 0 Å². The summed E-state index contributed by atoms with van der Waals surface area (Å²) in [7, 11) is 0. The molecule has 0 radical (unpaired) electrons. The zero-order valence-electron chi connectivity index (χ0n) is 11.6. The van der Waals surface area contributed by atoms with E-state index in [0.717, 1.165) is 38.4 Å². The number of hydrogen-bond acceptors (Lipinski definition) is 4. The average molecular weight is 244 g/mol. The van der Waals surface area contributed by atoms with Crippen LogP contribution in [0.1, 0.15) is 17.3 Å². The van der Waals surface area contributed by atoms with Gasteiger partial charge in [0.05, 0.1) is 18.8 Å². The molecule has 0 spiro atoms. The van der Waals surface area contributed by atoms with E-state index in [-0.39, 0.29) is 25.9 Å². The van der Waals surface area contributed by atoms with Gasteiger partial charge in [-0.15, -0.1) is 0 Å². The predicted molar refractivity (Wildman–Crippen MR) is 65.0 cm³/mol. The molecule has 6 heteroatoms. The quantitative estimate of drug-likeness (QED) is 0.471. The van der Waals surface area contributed by atoms with Crippen molar-refractivity contribution in [3.63, 3.8) is 0 Å². The third-order valence-electron chi connectivity index (χ3n) is 2.86. The number of carboxylic acid groups (broad SMARTS) is 1. The Hall–Kier alpha value is -0.993. The summed E-state index contributed by atoms with van der Waals surface area (Å²) in [6, 6.07) is 5.17. The van der Waals surface area contributed by atoms with E-state index in [4.69, 9.17) is 15.6 Å². The molecule has 1 saturated heterocycles. The fourth-order valence-electron chi connectivity index (χ4n) is 1.90. The van der Waals surface area contributed by atoms with Gasteiger partial charge >= 0.3 is 24.8 Å². The number of carboxylic acids is 1. The van der Waals surface area contributed by atoms with Crippen LogP contribution in [0.15, 0.2) is 18.2 Å². The SMILES string of the molecule is Nc1ccc(CN2CCOCC2)cc1C(=O)O.[H-].[Li+]. The smallest absolute Gasteiger partial charge is 1.00 e. The molecule has 2 rings (SSSR count). The Labute approximate surface area is 120 Å². The summed E-state index contributed by atoms with van der Waals surface area (Å²) in [5, 5.41) is 8.98. The fourth-order valence-corrected chi connectivity index (χ4v) is 1.90. The maximum atomic E-state index is 11.0. The normalized spacial score (nSPS) is 16.0. The first kappa shape index (κ1) is 15.1. The van der Waals surface area contributed by atoms with Gasteiger partial charge in [-0.1, -0.05) is 6.07 Å². The topological polar surface area (TPSA) is 75.8 Å². The van der Waals surface area contributed by atoms with Gasteiger partial charge in [-0.2, -0.15) is 0 Å². The second kappa shape index (κ2) is 6.81. The zero-order chi connectivity index (χ0) is 12.3. The van der Waals surface area contributed by atoms with Crippen molar-refractivity contribution in [1.82, 2.24) is 4.90 Å². The molecule has 5 nitrogen and oxygen atoms in total. The van der Waals surface area contributed by atoms with Crippen LogP contribution >= 0.6 is 0 Å². The van der Waals surface area contributed by atoms with Crippen molar-refractivity contribution < 1.29 is 34.9 Å². The number of morpholine rings is 1. The summed E-state index contributed by atoms with van der Waals surface area (Å²) in [5.74, 6) is -0.980. The number of anilines is 1. The van der Waals surface area contributed by atoms with Crippen molar-refractivity contribution in [2.45, 2.75) is 6.54 Å². The maximum Gasteiger partial charge on any atom is 1.00 e. The maximum absolute atomic E-state index is 11.0. The van der Waals surface area contributed by atoms with Crippen molar-refractivity contribution in [2.24, 2.45) is 0 Å². The fraction of sp³-hybridized carbons (Fsp3) is 0.417. The Morgan fingerprint density at radius 3 is 2.72 bits per heavy atom. The van der Waals surface area contributed by atoms with Crippen LogP contribution in [0, 0.1) is 0 Å². The van der Waals surface area contributed by atoms with Crippen molar-refractivity contribution >= 4 is 11.7 Å². The van der Waals surface area contributed by atoms with Crippen LogP contribution in [-0.4, -0.2) is 42.3 Å². The number of carbonyl (C=O) groups is 1. The van der Waals surface area contributed by atoms with Gasteiger partial charge in [0.1, 0.15) is 0 Å². The Balaban J connectivity index is 0.00000162. The molecule has 0 unspecified atom stereocenters. The standard InChI is InChI=1S/C12H16N2O3.Li.H/c13-11-2-1-9(7-10(11)12(15)16)8-14-3-5-17-6-4-14;;/h1-2,7H,3-6,8,13H2,(H,15,16);;/q;+1;-1. The second-order valence-electron chi connectivity index (χ2n) is 4.12. The van der Waals surface area contributed by atoms with Gasteiger partial charge in [-0.3, -0.25) is 4.90 Å². The Morgan fingerprint density at radius 1 is 1.44 bits per heavy atom. The molecular formula is C12H17LiN2O3. The number of nitrogens with two attached hydrogens (primary N) is 1. The van der Waals surface area contributed by atoms with Crippen molar-refractivity contribution in [1.29, 1.82) is 0 Å². The number of nitrogen functional groups attached to an aromatic ring is 1. The van der Waals surface area contributed by atoms with Crippen molar-refractivity contribution in [2.75, 3.05) is 32.0 Å². The van der Waals surface area contributed by atoms with E-state index in [1.807, 2.05) is 6.07 Å². The molecule has 94 valence electrons. The predicted octanol–water partition coefficient (Wildman–Crippen LogP) is -2.08. The monoisotopic (exact) mass is 244 g/mol. The number of aromatic carboxylic acids is 1. The van der Waals surface area contributed by atoms with E-state index in [2.05, 4.69) is 4.90 Å². The van der Waals surface area contributed by atoms with Gasteiger partial charge in [0, 0.05) is 25.3 Å². The van der Waals surface area contributed by atoms with Crippen LogP contribution in [0.5, 0.6) is 0 Å². The summed E-state index contributed by atoms with van der Waals surface area (Å²) >= 11 is 0. The molecule has 3 N–H and O–H groups in total. The van der Waals surface area contributed by atoms with E-state index in [9.17, 15) is 4.79 Å². The van der Waals surface area contributed by atoms with Crippen LogP contribution in [0.3, 0.4) is 0 Å². The summed E-state index contributed by atoms with van der Waals surface area (Å²) in [6.07, 6.45) is 0.